The van der Waals surface area contributed by atoms with Gasteiger partial charge in [-0.2, -0.15) is 9.49 Å². The average molecular weight is 282 g/mol. The number of hydrogen-bond acceptors (Lipinski definition) is 4. The molecule has 0 bridgehead atoms. The smallest absolute Gasteiger partial charge is 0.367 e. The summed E-state index contributed by atoms with van der Waals surface area (Å²) in [6.45, 7) is 4.26. The molecule has 6 heteroatoms. The van der Waals surface area contributed by atoms with Crippen LogP contribution in [0.1, 0.15) is 43.7 Å². The average Bonchev–Trinajstić information content (AvgIpc) is 2.81. The second-order valence-corrected chi connectivity index (χ2v) is 4.68. The zero-order valence-corrected chi connectivity index (χ0v) is 11.8. The molecule has 1 aliphatic rings. The first-order valence-electron chi connectivity index (χ1n) is 6.83. The monoisotopic (exact) mass is 282 g/mol. The van der Waals surface area contributed by atoms with Crippen LogP contribution in [0.25, 0.3) is 6.08 Å². The first kappa shape index (κ1) is 14.7. The van der Waals surface area contributed by atoms with Crippen LogP contribution in [-0.4, -0.2) is 29.0 Å². The van der Waals surface area contributed by atoms with Crippen molar-refractivity contribution in [3.8, 4) is 0 Å². The SMILES string of the molecule is CCOC(=O)/C(F)=C\c1cn(C2CCCCO2)nc1C. The maximum absolute atomic E-state index is 13.6. The van der Waals surface area contributed by atoms with Crippen LogP contribution in [0, 0.1) is 6.92 Å². The number of carbonyl (C=O) groups is 1. The van der Waals surface area contributed by atoms with Crippen molar-refractivity contribution in [3.63, 3.8) is 0 Å². The maximum atomic E-state index is 13.6. The van der Waals surface area contributed by atoms with Gasteiger partial charge in [-0.25, -0.2) is 9.48 Å². The minimum absolute atomic E-state index is 0.102. The van der Waals surface area contributed by atoms with Crippen molar-refractivity contribution >= 4 is 12.0 Å². The predicted molar refractivity (Wildman–Crippen MR) is 71.5 cm³/mol. The number of hydrogen-bond donors (Lipinski definition) is 0. The Kier molecular flexibility index (Phi) is 4.89. The van der Waals surface area contributed by atoms with Crippen molar-refractivity contribution in [1.82, 2.24) is 9.78 Å². The Morgan fingerprint density at radius 3 is 3.10 bits per heavy atom. The Balaban J connectivity index is 2.14. The van der Waals surface area contributed by atoms with Crippen LogP contribution in [0.3, 0.4) is 0 Å². The molecule has 0 aromatic carbocycles. The third-order valence-corrected chi connectivity index (χ3v) is 3.16. The molecule has 5 nitrogen and oxygen atoms in total. The van der Waals surface area contributed by atoms with Gasteiger partial charge in [-0.1, -0.05) is 0 Å². The Morgan fingerprint density at radius 1 is 1.65 bits per heavy atom. The molecule has 1 aliphatic heterocycles. The number of ether oxygens (including phenoxy) is 2. The lowest BCUT2D eigenvalue weighted by molar-refractivity contribution is -0.140. The van der Waals surface area contributed by atoms with Crippen LogP contribution in [0.15, 0.2) is 12.0 Å². The molecule has 1 saturated heterocycles. The standard InChI is InChI=1S/C14H19FN2O3/c1-3-19-14(18)12(15)8-11-9-17(16-10(11)2)13-6-4-5-7-20-13/h8-9,13H,3-7H2,1-2H3/b12-8+. The van der Waals surface area contributed by atoms with Gasteiger partial charge in [0.2, 0.25) is 5.83 Å². The number of halogens is 1. The largest absolute Gasteiger partial charge is 0.461 e. The van der Waals surface area contributed by atoms with Gasteiger partial charge < -0.3 is 9.47 Å². The van der Waals surface area contributed by atoms with E-state index in [1.807, 2.05) is 0 Å². The molecule has 0 N–H and O–H groups in total. The Hall–Kier alpha value is -1.69. The van der Waals surface area contributed by atoms with Crippen molar-refractivity contribution in [2.45, 2.75) is 39.3 Å². The summed E-state index contributed by atoms with van der Waals surface area (Å²) < 4.78 is 25.5. The normalized spacial score (nSPS) is 19.9. The lowest BCUT2D eigenvalue weighted by Gasteiger charge is -2.22. The Labute approximate surface area is 117 Å². The van der Waals surface area contributed by atoms with E-state index in [9.17, 15) is 9.18 Å². The molecule has 0 spiro atoms. The highest BCUT2D eigenvalue weighted by Crippen LogP contribution is 2.23. The number of nitrogens with zero attached hydrogens (tertiary/aromatic N) is 2. The van der Waals surface area contributed by atoms with Crippen LogP contribution < -0.4 is 0 Å². The zero-order chi connectivity index (χ0) is 14.5. The molecular formula is C14H19FN2O3. The number of esters is 1. The molecule has 0 amide bonds. The van der Waals surface area contributed by atoms with Gasteiger partial charge in [-0.05, 0) is 39.2 Å². The molecule has 20 heavy (non-hydrogen) atoms. The highest BCUT2D eigenvalue weighted by molar-refractivity contribution is 5.91. The topological polar surface area (TPSA) is 53.4 Å². The maximum Gasteiger partial charge on any atom is 0.367 e. The van der Waals surface area contributed by atoms with Gasteiger partial charge in [0, 0.05) is 18.4 Å². The lowest BCUT2D eigenvalue weighted by atomic mass is 10.2. The third-order valence-electron chi connectivity index (χ3n) is 3.16. The van der Waals surface area contributed by atoms with Gasteiger partial charge in [0.25, 0.3) is 0 Å². The van der Waals surface area contributed by atoms with E-state index in [2.05, 4.69) is 9.84 Å². The van der Waals surface area contributed by atoms with E-state index in [1.54, 1.807) is 24.7 Å². The summed E-state index contributed by atoms with van der Waals surface area (Å²) in [5.41, 5.74) is 1.21. The van der Waals surface area contributed by atoms with Crippen molar-refractivity contribution in [2.75, 3.05) is 13.2 Å². The second-order valence-electron chi connectivity index (χ2n) is 4.68. The summed E-state index contributed by atoms with van der Waals surface area (Å²) in [6.07, 6.45) is 5.79. The molecule has 1 aromatic heterocycles. The molecule has 110 valence electrons. The summed E-state index contributed by atoms with van der Waals surface area (Å²) in [5.74, 6) is -1.87. The van der Waals surface area contributed by atoms with Gasteiger partial charge in [-0.15, -0.1) is 0 Å². The molecule has 0 saturated carbocycles. The lowest BCUT2D eigenvalue weighted by Crippen LogP contribution is -2.18. The number of aromatic nitrogens is 2. The van der Waals surface area contributed by atoms with Crippen LogP contribution in [0.4, 0.5) is 4.39 Å². The van der Waals surface area contributed by atoms with E-state index in [0.717, 1.165) is 25.3 Å². The summed E-state index contributed by atoms with van der Waals surface area (Å²) in [6, 6.07) is 0. The highest BCUT2D eigenvalue weighted by atomic mass is 19.1. The van der Waals surface area contributed by atoms with Crippen LogP contribution >= 0.6 is 0 Å². The van der Waals surface area contributed by atoms with E-state index < -0.39 is 11.8 Å². The highest BCUT2D eigenvalue weighted by Gasteiger charge is 2.18. The molecule has 1 fully saturated rings. The summed E-state index contributed by atoms with van der Waals surface area (Å²) in [7, 11) is 0. The molecule has 2 heterocycles. The molecular weight excluding hydrogens is 263 g/mol. The van der Waals surface area contributed by atoms with Crippen molar-refractivity contribution in [2.24, 2.45) is 0 Å². The van der Waals surface area contributed by atoms with Crippen LogP contribution in [0.2, 0.25) is 0 Å². The van der Waals surface area contributed by atoms with Crippen molar-refractivity contribution in [3.05, 3.63) is 23.3 Å². The predicted octanol–water partition coefficient (Wildman–Crippen LogP) is 2.76. The Bertz CT molecular complexity index is 505. The summed E-state index contributed by atoms with van der Waals surface area (Å²) in [4.78, 5) is 11.2. The first-order chi connectivity index (χ1) is 9.61. The van der Waals surface area contributed by atoms with E-state index in [4.69, 9.17) is 4.74 Å². The van der Waals surface area contributed by atoms with E-state index in [0.29, 0.717) is 17.9 Å². The van der Waals surface area contributed by atoms with Crippen molar-refractivity contribution < 1.29 is 18.7 Å². The number of aryl methyl sites for hydroxylation is 1. The second kappa shape index (κ2) is 6.65. The summed E-state index contributed by atoms with van der Waals surface area (Å²) >= 11 is 0. The molecule has 0 aliphatic carbocycles. The number of rotatable bonds is 4. The van der Waals surface area contributed by atoms with E-state index in [-0.39, 0.29) is 12.8 Å². The minimum Gasteiger partial charge on any atom is -0.461 e. The fraction of sp³-hybridized carbons (Fsp3) is 0.571. The molecule has 0 radical (unpaired) electrons. The fourth-order valence-electron chi connectivity index (χ4n) is 2.11. The van der Waals surface area contributed by atoms with Gasteiger partial charge in [0.1, 0.15) is 6.23 Å². The first-order valence-corrected chi connectivity index (χ1v) is 6.83. The van der Waals surface area contributed by atoms with Crippen LogP contribution in [0.5, 0.6) is 0 Å². The van der Waals surface area contributed by atoms with Gasteiger partial charge in [-0.3, -0.25) is 0 Å². The fourth-order valence-corrected chi connectivity index (χ4v) is 2.11. The van der Waals surface area contributed by atoms with Gasteiger partial charge in [0.15, 0.2) is 0 Å². The van der Waals surface area contributed by atoms with Crippen molar-refractivity contribution in [1.29, 1.82) is 0 Å². The zero-order valence-electron chi connectivity index (χ0n) is 11.8. The minimum atomic E-state index is -0.950. The molecule has 1 aromatic rings. The Morgan fingerprint density at radius 2 is 2.45 bits per heavy atom. The molecule has 1 atom stereocenters. The summed E-state index contributed by atoms with van der Waals surface area (Å²) in [5, 5.41) is 4.32. The van der Waals surface area contributed by atoms with Gasteiger partial charge >= 0.3 is 5.97 Å². The number of carbonyl (C=O) groups excluding carboxylic acids is 1. The van der Waals surface area contributed by atoms with E-state index >= 15 is 0 Å². The van der Waals surface area contributed by atoms with E-state index in [1.165, 1.54) is 0 Å². The third kappa shape index (κ3) is 3.45. The molecule has 1 unspecified atom stereocenters. The molecule has 2 rings (SSSR count). The van der Waals surface area contributed by atoms with Gasteiger partial charge in [0.05, 0.1) is 12.3 Å². The van der Waals surface area contributed by atoms with Crippen LogP contribution in [-0.2, 0) is 14.3 Å². The quantitative estimate of drug-likeness (QED) is 0.629.